The largest absolute Gasteiger partial charge is 0.416 e. The Morgan fingerprint density at radius 2 is 1.93 bits per heavy atom. The molecule has 160 valence electrons. The second-order valence-corrected chi connectivity index (χ2v) is 7.61. The molecule has 1 aromatic rings. The minimum Gasteiger partial charge on any atom is -0.378 e. The van der Waals surface area contributed by atoms with Crippen LogP contribution in [-0.4, -0.2) is 68.2 Å². The number of hydrogen-bond donors (Lipinski definition) is 2. The zero-order chi connectivity index (χ0) is 21.2. The number of carbonyl (C=O) groups excluding carboxylic acids is 2. The number of ether oxygens (including phenoxy) is 1. The molecule has 2 amide bonds. The van der Waals surface area contributed by atoms with Crippen molar-refractivity contribution in [2.24, 2.45) is 0 Å². The lowest BCUT2D eigenvalue weighted by molar-refractivity contribution is -0.138. The maximum absolute atomic E-state index is 13.2. The highest BCUT2D eigenvalue weighted by Gasteiger charge is 2.38. The summed E-state index contributed by atoms with van der Waals surface area (Å²) in [7, 11) is 0. The van der Waals surface area contributed by atoms with Crippen molar-refractivity contribution in [3.05, 3.63) is 23.8 Å². The van der Waals surface area contributed by atoms with Gasteiger partial charge in [-0.25, -0.2) is 0 Å². The third-order valence-electron chi connectivity index (χ3n) is 5.30. The van der Waals surface area contributed by atoms with E-state index in [4.69, 9.17) is 4.74 Å². The third-order valence-corrected chi connectivity index (χ3v) is 5.30. The summed E-state index contributed by atoms with van der Waals surface area (Å²) in [4.78, 5) is 28.3. The van der Waals surface area contributed by atoms with Crippen LogP contribution in [0.3, 0.4) is 0 Å². The number of rotatable bonds is 4. The second kappa shape index (κ2) is 8.19. The van der Waals surface area contributed by atoms with Gasteiger partial charge < -0.3 is 20.3 Å². The Labute approximate surface area is 167 Å². The molecule has 3 rings (SSSR count). The van der Waals surface area contributed by atoms with Crippen LogP contribution in [0.15, 0.2) is 18.2 Å². The van der Waals surface area contributed by atoms with Crippen LogP contribution >= 0.6 is 0 Å². The molecule has 2 N–H and O–H groups in total. The molecule has 0 aliphatic carbocycles. The molecular formula is C19H25F3N4O3. The SMILES string of the molecule is CC1(C)C(=O)NCCN1CC(=O)Nc1cc(C(F)(F)F)ccc1N1CCOCC1. The Kier molecular flexibility index (Phi) is 6.04. The fourth-order valence-corrected chi connectivity index (χ4v) is 3.48. The molecule has 0 saturated carbocycles. The van der Waals surface area contributed by atoms with Gasteiger partial charge in [-0.15, -0.1) is 0 Å². The van der Waals surface area contributed by atoms with Crippen molar-refractivity contribution in [1.29, 1.82) is 0 Å². The summed E-state index contributed by atoms with van der Waals surface area (Å²) in [5.74, 6) is -0.661. The number of halogens is 3. The topological polar surface area (TPSA) is 73.9 Å². The van der Waals surface area contributed by atoms with Gasteiger partial charge >= 0.3 is 6.18 Å². The average Bonchev–Trinajstić information content (AvgIpc) is 2.66. The van der Waals surface area contributed by atoms with Crippen LogP contribution in [-0.2, 0) is 20.5 Å². The summed E-state index contributed by atoms with van der Waals surface area (Å²) in [6, 6.07) is 3.34. The van der Waals surface area contributed by atoms with Gasteiger partial charge in [0.05, 0.1) is 42.2 Å². The van der Waals surface area contributed by atoms with Gasteiger partial charge in [-0.2, -0.15) is 13.2 Å². The quantitative estimate of drug-likeness (QED) is 0.785. The Bertz CT molecular complexity index is 776. The molecule has 0 unspecified atom stereocenters. The lowest BCUT2D eigenvalue weighted by Crippen LogP contribution is -2.62. The number of amides is 2. The highest BCUT2D eigenvalue weighted by molar-refractivity contribution is 5.96. The van der Waals surface area contributed by atoms with Gasteiger partial charge in [0.1, 0.15) is 0 Å². The van der Waals surface area contributed by atoms with E-state index in [1.54, 1.807) is 18.7 Å². The molecule has 29 heavy (non-hydrogen) atoms. The number of benzene rings is 1. The van der Waals surface area contributed by atoms with Crippen LogP contribution in [0.5, 0.6) is 0 Å². The lowest BCUT2D eigenvalue weighted by Gasteiger charge is -2.40. The van der Waals surface area contributed by atoms with Crippen molar-refractivity contribution < 1.29 is 27.5 Å². The molecule has 0 aromatic heterocycles. The van der Waals surface area contributed by atoms with Gasteiger partial charge in [0.25, 0.3) is 0 Å². The van der Waals surface area contributed by atoms with E-state index in [-0.39, 0.29) is 18.1 Å². The van der Waals surface area contributed by atoms with Crippen molar-refractivity contribution >= 4 is 23.2 Å². The molecule has 0 spiro atoms. The van der Waals surface area contributed by atoms with Gasteiger partial charge in [0.2, 0.25) is 11.8 Å². The first-order chi connectivity index (χ1) is 13.6. The molecule has 7 nitrogen and oxygen atoms in total. The van der Waals surface area contributed by atoms with Crippen molar-refractivity contribution in [3.8, 4) is 0 Å². The highest BCUT2D eigenvalue weighted by atomic mass is 19.4. The van der Waals surface area contributed by atoms with Crippen LogP contribution in [0.2, 0.25) is 0 Å². The lowest BCUT2D eigenvalue weighted by atomic mass is 9.99. The van der Waals surface area contributed by atoms with E-state index in [0.29, 0.717) is 45.1 Å². The van der Waals surface area contributed by atoms with Gasteiger partial charge in [-0.05, 0) is 32.0 Å². The third kappa shape index (κ3) is 4.81. The number of nitrogens with one attached hydrogen (secondary N) is 2. The predicted octanol–water partition coefficient (Wildman–Crippen LogP) is 1.69. The highest BCUT2D eigenvalue weighted by Crippen LogP contribution is 2.35. The second-order valence-electron chi connectivity index (χ2n) is 7.61. The molecule has 2 saturated heterocycles. The summed E-state index contributed by atoms with van der Waals surface area (Å²) in [6.45, 7) is 6.18. The molecule has 2 aliphatic rings. The number of piperazine rings is 1. The van der Waals surface area contributed by atoms with Crippen molar-refractivity contribution in [2.75, 3.05) is 56.2 Å². The van der Waals surface area contributed by atoms with Crippen molar-refractivity contribution in [3.63, 3.8) is 0 Å². The first kappa shape index (κ1) is 21.4. The molecule has 0 radical (unpaired) electrons. The standard InChI is InChI=1S/C19H25F3N4O3/c1-18(2)17(28)23-5-6-26(18)12-16(27)24-14-11-13(19(20,21)22)3-4-15(14)25-7-9-29-10-8-25/h3-4,11H,5-10,12H2,1-2H3,(H,23,28)(H,24,27). The number of morpholine rings is 1. The van der Waals surface area contributed by atoms with Crippen LogP contribution in [0, 0.1) is 0 Å². The van der Waals surface area contributed by atoms with Crippen LogP contribution in [0.4, 0.5) is 24.5 Å². The normalized spacial score (nSPS) is 20.3. The number of alkyl halides is 3. The summed E-state index contributed by atoms with van der Waals surface area (Å²) < 4.78 is 44.9. The summed E-state index contributed by atoms with van der Waals surface area (Å²) in [5, 5.41) is 5.37. The zero-order valence-electron chi connectivity index (χ0n) is 16.4. The molecule has 2 aliphatic heterocycles. The Morgan fingerprint density at radius 3 is 2.59 bits per heavy atom. The summed E-state index contributed by atoms with van der Waals surface area (Å²) in [6.07, 6.45) is -4.52. The molecule has 0 bridgehead atoms. The van der Waals surface area contributed by atoms with Crippen molar-refractivity contribution in [2.45, 2.75) is 25.6 Å². The number of nitrogens with zero attached hydrogens (tertiary/aromatic N) is 2. The summed E-state index contributed by atoms with van der Waals surface area (Å²) in [5.41, 5.74) is -1.09. The van der Waals surface area contributed by atoms with E-state index >= 15 is 0 Å². The Hall–Kier alpha value is -2.33. The molecule has 2 fully saturated rings. The molecule has 0 atom stereocenters. The number of carbonyl (C=O) groups is 2. The van der Waals surface area contributed by atoms with Crippen LogP contribution in [0.1, 0.15) is 19.4 Å². The smallest absolute Gasteiger partial charge is 0.378 e. The first-order valence-electron chi connectivity index (χ1n) is 9.46. The van der Waals surface area contributed by atoms with Gasteiger partial charge in [-0.1, -0.05) is 0 Å². The number of hydrogen-bond acceptors (Lipinski definition) is 5. The van der Waals surface area contributed by atoms with E-state index in [2.05, 4.69) is 10.6 Å². The van der Waals surface area contributed by atoms with Gasteiger partial charge in [0, 0.05) is 26.2 Å². The monoisotopic (exact) mass is 414 g/mol. The maximum atomic E-state index is 13.2. The average molecular weight is 414 g/mol. The zero-order valence-corrected chi connectivity index (χ0v) is 16.4. The van der Waals surface area contributed by atoms with E-state index in [1.165, 1.54) is 6.07 Å². The Balaban J connectivity index is 1.81. The minimum atomic E-state index is -4.52. The van der Waals surface area contributed by atoms with E-state index in [0.717, 1.165) is 12.1 Å². The van der Waals surface area contributed by atoms with Gasteiger partial charge in [0.15, 0.2) is 0 Å². The first-order valence-corrected chi connectivity index (χ1v) is 9.46. The fourth-order valence-electron chi connectivity index (χ4n) is 3.48. The van der Waals surface area contributed by atoms with Crippen molar-refractivity contribution in [1.82, 2.24) is 10.2 Å². The maximum Gasteiger partial charge on any atom is 0.416 e. The predicted molar refractivity (Wildman–Crippen MR) is 102 cm³/mol. The Morgan fingerprint density at radius 1 is 1.24 bits per heavy atom. The van der Waals surface area contributed by atoms with E-state index < -0.39 is 23.2 Å². The summed E-state index contributed by atoms with van der Waals surface area (Å²) >= 11 is 0. The van der Waals surface area contributed by atoms with E-state index in [9.17, 15) is 22.8 Å². The molecule has 1 aromatic carbocycles. The molecule has 10 heteroatoms. The van der Waals surface area contributed by atoms with E-state index in [1.807, 2.05) is 4.90 Å². The van der Waals surface area contributed by atoms with Gasteiger partial charge in [-0.3, -0.25) is 14.5 Å². The van der Waals surface area contributed by atoms with Crippen LogP contribution < -0.4 is 15.5 Å². The number of anilines is 2. The fraction of sp³-hybridized carbons (Fsp3) is 0.579. The molecule has 2 heterocycles. The molecular weight excluding hydrogens is 389 g/mol. The minimum absolute atomic E-state index is 0.0980. The van der Waals surface area contributed by atoms with Crippen LogP contribution in [0.25, 0.3) is 0 Å².